The number of nitrogens with two attached hydrogens (primary N) is 1. The van der Waals surface area contributed by atoms with Gasteiger partial charge < -0.3 is 11.1 Å². The Morgan fingerprint density at radius 1 is 1.53 bits per heavy atom. The Kier molecular flexibility index (Phi) is 3.05. The molecule has 0 aliphatic heterocycles. The monoisotopic (exact) mass is 233 g/mol. The van der Waals surface area contributed by atoms with Crippen LogP contribution in [0.3, 0.4) is 0 Å². The lowest BCUT2D eigenvalue weighted by molar-refractivity contribution is 0.0939. The van der Waals surface area contributed by atoms with Gasteiger partial charge in [0.1, 0.15) is 5.82 Å². The van der Waals surface area contributed by atoms with Gasteiger partial charge in [-0.25, -0.2) is 4.98 Å². The van der Waals surface area contributed by atoms with Crippen LogP contribution in [0.1, 0.15) is 37.0 Å². The molecule has 92 valence electrons. The number of hydrogen-bond acceptors (Lipinski definition) is 3. The van der Waals surface area contributed by atoms with Crippen molar-refractivity contribution in [1.82, 2.24) is 10.3 Å². The Morgan fingerprint density at radius 3 is 2.71 bits per heavy atom. The molecule has 0 radical (unpaired) electrons. The number of anilines is 1. The van der Waals surface area contributed by atoms with E-state index in [0.717, 1.165) is 6.54 Å². The first kappa shape index (κ1) is 11.9. The lowest BCUT2D eigenvalue weighted by atomic mass is 9.92. The molecule has 1 saturated carbocycles. The maximum Gasteiger partial charge on any atom is 0.252 e. The molecule has 1 aliphatic rings. The Morgan fingerprint density at radius 2 is 2.24 bits per heavy atom. The number of aromatic nitrogens is 1. The number of rotatable bonds is 4. The summed E-state index contributed by atoms with van der Waals surface area (Å²) in [6, 6.07) is 3.34. The Labute approximate surface area is 102 Å². The largest absolute Gasteiger partial charge is 0.384 e. The molecule has 3 N–H and O–H groups in total. The molecule has 2 rings (SSSR count). The van der Waals surface area contributed by atoms with Crippen molar-refractivity contribution in [2.45, 2.75) is 26.7 Å². The van der Waals surface area contributed by atoms with Gasteiger partial charge in [-0.3, -0.25) is 4.79 Å². The predicted molar refractivity (Wildman–Crippen MR) is 67.5 cm³/mol. The third-order valence-electron chi connectivity index (χ3n) is 3.77. The van der Waals surface area contributed by atoms with Crippen LogP contribution >= 0.6 is 0 Å². The first-order chi connectivity index (χ1) is 8.03. The molecule has 1 aromatic heterocycles. The van der Waals surface area contributed by atoms with Crippen LogP contribution in [-0.2, 0) is 0 Å². The van der Waals surface area contributed by atoms with Gasteiger partial charge in [0, 0.05) is 12.7 Å². The quantitative estimate of drug-likeness (QED) is 0.833. The normalized spacial score (nSPS) is 16.9. The van der Waals surface area contributed by atoms with Crippen LogP contribution in [-0.4, -0.2) is 17.4 Å². The van der Waals surface area contributed by atoms with Crippen LogP contribution in [0.4, 0.5) is 5.82 Å². The van der Waals surface area contributed by atoms with Crippen molar-refractivity contribution in [1.29, 1.82) is 0 Å². The maximum absolute atomic E-state index is 11.9. The summed E-state index contributed by atoms with van der Waals surface area (Å²) in [5.41, 5.74) is 6.38. The zero-order chi connectivity index (χ0) is 12.5. The van der Waals surface area contributed by atoms with Crippen molar-refractivity contribution in [3.63, 3.8) is 0 Å². The SMILES string of the molecule is CC(C)C1(CNC(=O)c2ccc(N)nc2)CC1. The standard InChI is InChI=1S/C13H19N3O/c1-9(2)13(5-6-13)8-16-12(17)10-3-4-11(14)15-7-10/h3-4,7,9H,5-6,8H2,1-2H3,(H2,14,15)(H,16,17). The van der Waals surface area contributed by atoms with E-state index in [2.05, 4.69) is 24.1 Å². The highest BCUT2D eigenvalue weighted by atomic mass is 16.1. The summed E-state index contributed by atoms with van der Waals surface area (Å²) in [6.07, 6.45) is 3.94. The van der Waals surface area contributed by atoms with Gasteiger partial charge in [-0.2, -0.15) is 0 Å². The minimum Gasteiger partial charge on any atom is -0.384 e. The molecular weight excluding hydrogens is 214 g/mol. The van der Waals surface area contributed by atoms with Crippen molar-refractivity contribution in [3.05, 3.63) is 23.9 Å². The fourth-order valence-corrected chi connectivity index (χ4v) is 2.02. The Bertz CT molecular complexity index is 407. The molecule has 1 fully saturated rings. The fraction of sp³-hybridized carbons (Fsp3) is 0.538. The van der Waals surface area contributed by atoms with Crippen LogP contribution < -0.4 is 11.1 Å². The van der Waals surface area contributed by atoms with Crippen molar-refractivity contribution in [3.8, 4) is 0 Å². The molecule has 1 aliphatic carbocycles. The molecular formula is C13H19N3O. The van der Waals surface area contributed by atoms with Crippen LogP contribution in [0, 0.1) is 11.3 Å². The van der Waals surface area contributed by atoms with E-state index < -0.39 is 0 Å². The number of carbonyl (C=O) groups excluding carboxylic acids is 1. The van der Waals surface area contributed by atoms with E-state index in [1.54, 1.807) is 12.1 Å². The van der Waals surface area contributed by atoms with Gasteiger partial charge in [0.15, 0.2) is 0 Å². The average molecular weight is 233 g/mol. The van der Waals surface area contributed by atoms with E-state index in [9.17, 15) is 4.79 Å². The molecule has 17 heavy (non-hydrogen) atoms. The second kappa shape index (κ2) is 4.35. The van der Waals surface area contributed by atoms with E-state index in [4.69, 9.17) is 5.73 Å². The highest BCUT2D eigenvalue weighted by molar-refractivity contribution is 5.94. The molecule has 0 spiro atoms. The van der Waals surface area contributed by atoms with Crippen LogP contribution in [0.15, 0.2) is 18.3 Å². The smallest absolute Gasteiger partial charge is 0.252 e. The topological polar surface area (TPSA) is 68.0 Å². The van der Waals surface area contributed by atoms with E-state index in [1.807, 2.05) is 0 Å². The molecule has 0 saturated heterocycles. The molecule has 0 aromatic carbocycles. The van der Waals surface area contributed by atoms with Crippen LogP contribution in [0.25, 0.3) is 0 Å². The van der Waals surface area contributed by atoms with Gasteiger partial charge in [-0.05, 0) is 36.3 Å². The highest BCUT2D eigenvalue weighted by Gasteiger charge is 2.45. The molecule has 1 heterocycles. The van der Waals surface area contributed by atoms with Gasteiger partial charge in [0.25, 0.3) is 5.91 Å². The van der Waals surface area contributed by atoms with E-state index in [0.29, 0.717) is 22.7 Å². The zero-order valence-electron chi connectivity index (χ0n) is 10.4. The number of hydrogen-bond donors (Lipinski definition) is 2. The summed E-state index contributed by atoms with van der Waals surface area (Å²) in [6.45, 7) is 5.18. The minimum atomic E-state index is -0.0653. The number of carbonyl (C=O) groups is 1. The van der Waals surface area contributed by atoms with Gasteiger partial charge in [0.05, 0.1) is 5.56 Å². The molecule has 1 aromatic rings. The second-order valence-electron chi connectivity index (χ2n) is 5.17. The van der Waals surface area contributed by atoms with Gasteiger partial charge in [0.2, 0.25) is 0 Å². The molecule has 4 nitrogen and oxygen atoms in total. The second-order valence-corrected chi connectivity index (χ2v) is 5.17. The third-order valence-corrected chi connectivity index (χ3v) is 3.77. The summed E-state index contributed by atoms with van der Waals surface area (Å²) in [7, 11) is 0. The van der Waals surface area contributed by atoms with Crippen molar-refractivity contribution in [2.24, 2.45) is 11.3 Å². The van der Waals surface area contributed by atoms with E-state index >= 15 is 0 Å². The number of nitrogens with one attached hydrogen (secondary N) is 1. The number of pyridine rings is 1. The van der Waals surface area contributed by atoms with Crippen LogP contribution in [0.5, 0.6) is 0 Å². The molecule has 4 heteroatoms. The van der Waals surface area contributed by atoms with Gasteiger partial charge in [-0.1, -0.05) is 13.8 Å². The Hall–Kier alpha value is -1.58. The summed E-state index contributed by atoms with van der Waals surface area (Å²) in [4.78, 5) is 15.8. The molecule has 0 atom stereocenters. The zero-order valence-corrected chi connectivity index (χ0v) is 10.4. The minimum absolute atomic E-state index is 0.0653. The molecule has 1 amide bonds. The van der Waals surface area contributed by atoms with Crippen molar-refractivity contribution < 1.29 is 4.79 Å². The number of amides is 1. The third kappa shape index (κ3) is 2.57. The first-order valence-corrected chi connectivity index (χ1v) is 6.03. The van der Waals surface area contributed by atoms with Crippen molar-refractivity contribution in [2.75, 3.05) is 12.3 Å². The van der Waals surface area contributed by atoms with Gasteiger partial charge in [-0.15, -0.1) is 0 Å². The predicted octanol–water partition coefficient (Wildman–Crippen LogP) is 1.83. The molecule has 0 bridgehead atoms. The molecule has 0 unspecified atom stereocenters. The lowest BCUT2D eigenvalue weighted by Gasteiger charge is -2.19. The van der Waals surface area contributed by atoms with E-state index in [1.165, 1.54) is 19.0 Å². The van der Waals surface area contributed by atoms with Gasteiger partial charge >= 0.3 is 0 Å². The first-order valence-electron chi connectivity index (χ1n) is 6.03. The van der Waals surface area contributed by atoms with Crippen LogP contribution in [0.2, 0.25) is 0 Å². The van der Waals surface area contributed by atoms with E-state index in [-0.39, 0.29) is 5.91 Å². The average Bonchev–Trinajstić information content (AvgIpc) is 3.08. The Balaban J connectivity index is 1.92. The summed E-state index contributed by atoms with van der Waals surface area (Å²) >= 11 is 0. The fourth-order valence-electron chi connectivity index (χ4n) is 2.02. The van der Waals surface area contributed by atoms with Crippen molar-refractivity contribution >= 4 is 11.7 Å². The maximum atomic E-state index is 11.9. The number of nitrogens with zero attached hydrogens (tertiary/aromatic N) is 1. The summed E-state index contributed by atoms with van der Waals surface area (Å²) in [5, 5.41) is 2.98. The lowest BCUT2D eigenvalue weighted by Crippen LogP contribution is -2.32. The summed E-state index contributed by atoms with van der Waals surface area (Å²) in [5.74, 6) is 0.985. The summed E-state index contributed by atoms with van der Waals surface area (Å²) < 4.78 is 0. The highest BCUT2D eigenvalue weighted by Crippen LogP contribution is 2.51. The number of nitrogen functional groups attached to an aromatic ring is 1.